The predicted molar refractivity (Wildman–Crippen MR) is 96.8 cm³/mol. The van der Waals surface area contributed by atoms with Crippen LogP contribution in [0.15, 0.2) is 41.6 Å². The van der Waals surface area contributed by atoms with E-state index >= 15 is 0 Å². The van der Waals surface area contributed by atoms with E-state index in [1.807, 2.05) is 6.92 Å². The van der Waals surface area contributed by atoms with Crippen LogP contribution < -0.4 is 9.47 Å². The molecule has 1 aliphatic rings. The maximum absolute atomic E-state index is 12.9. The highest BCUT2D eigenvalue weighted by atomic mass is 32.2. The standard InChI is InChI=1S/C18H23N3O4S/c1-3-14-11-19-18(20-12-14)25-16-5-4-10-21(13-16)26(22,23)17-8-6-15(24-2)7-9-17/h6-9,11-12,16H,3-5,10,13H2,1-2H3. The molecule has 8 heteroatoms. The number of methoxy groups -OCH3 is 1. The van der Waals surface area contributed by atoms with E-state index in [2.05, 4.69) is 9.97 Å². The summed E-state index contributed by atoms with van der Waals surface area (Å²) in [5.74, 6) is 0.622. The fraction of sp³-hybridized carbons (Fsp3) is 0.444. The van der Waals surface area contributed by atoms with Gasteiger partial charge in [0, 0.05) is 18.9 Å². The first-order valence-corrected chi connectivity index (χ1v) is 10.1. The van der Waals surface area contributed by atoms with Gasteiger partial charge in [-0.05, 0) is 49.1 Å². The second-order valence-electron chi connectivity index (χ2n) is 6.15. The Kier molecular flexibility index (Phi) is 5.73. The van der Waals surface area contributed by atoms with E-state index in [1.54, 1.807) is 43.8 Å². The first-order valence-electron chi connectivity index (χ1n) is 8.64. The first-order chi connectivity index (χ1) is 12.5. The lowest BCUT2D eigenvalue weighted by molar-refractivity contribution is 0.119. The number of piperidine rings is 1. The molecule has 0 bridgehead atoms. The number of hydrogen-bond acceptors (Lipinski definition) is 6. The fourth-order valence-corrected chi connectivity index (χ4v) is 4.36. The van der Waals surface area contributed by atoms with Crippen LogP contribution in [-0.2, 0) is 16.4 Å². The molecular formula is C18H23N3O4S. The first kappa shape index (κ1) is 18.6. The Labute approximate surface area is 154 Å². The lowest BCUT2D eigenvalue weighted by Crippen LogP contribution is -2.44. The van der Waals surface area contributed by atoms with Gasteiger partial charge in [-0.2, -0.15) is 4.31 Å². The highest BCUT2D eigenvalue weighted by molar-refractivity contribution is 7.89. The Balaban J connectivity index is 1.70. The molecule has 0 amide bonds. The number of rotatable bonds is 6. The minimum Gasteiger partial charge on any atom is -0.497 e. The van der Waals surface area contributed by atoms with Crippen molar-refractivity contribution >= 4 is 10.0 Å². The van der Waals surface area contributed by atoms with Gasteiger partial charge in [-0.15, -0.1) is 0 Å². The van der Waals surface area contributed by atoms with E-state index in [9.17, 15) is 8.42 Å². The quantitative estimate of drug-likeness (QED) is 0.768. The van der Waals surface area contributed by atoms with Gasteiger partial charge in [0.1, 0.15) is 11.9 Å². The maximum Gasteiger partial charge on any atom is 0.316 e. The van der Waals surface area contributed by atoms with Crippen LogP contribution in [0.25, 0.3) is 0 Å². The average Bonchev–Trinajstić information content (AvgIpc) is 2.69. The molecule has 1 atom stereocenters. The van der Waals surface area contributed by atoms with E-state index in [0.29, 0.717) is 12.3 Å². The third kappa shape index (κ3) is 4.13. The van der Waals surface area contributed by atoms with Crippen LogP contribution in [0.3, 0.4) is 0 Å². The third-order valence-electron chi connectivity index (χ3n) is 4.40. The van der Waals surface area contributed by atoms with Crippen LogP contribution in [0.2, 0.25) is 0 Å². The molecule has 1 aromatic carbocycles. The molecule has 0 N–H and O–H groups in total. The zero-order valence-corrected chi connectivity index (χ0v) is 15.8. The Morgan fingerprint density at radius 2 is 1.88 bits per heavy atom. The molecule has 1 saturated heterocycles. The second-order valence-corrected chi connectivity index (χ2v) is 8.09. The zero-order chi connectivity index (χ0) is 18.6. The summed E-state index contributed by atoms with van der Waals surface area (Å²) < 4.78 is 38.1. The number of hydrogen-bond donors (Lipinski definition) is 0. The average molecular weight is 377 g/mol. The summed E-state index contributed by atoms with van der Waals surface area (Å²) in [6, 6.07) is 6.70. The van der Waals surface area contributed by atoms with Crippen LogP contribution in [-0.4, -0.2) is 49.0 Å². The van der Waals surface area contributed by atoms with Crippen molar-refractivity contribution in [2.75, 3.05) is 20.2 Å². The molecule has 1 aliphatic heterocycles. The Morgan fingerprint density at radius 3 is 2.50 bits per heavy atom. The summed E-state index contributed by atoms with van der Waals surface area (Å²) in [7, 11) is -2.02. The van der Waals surface area contributed by atoms with Crippen LogP contribution >= 0.6 is 0 Å². The lowest BCUT2D eigenvalue weighted by atomic mass is 10.1. The lowest BCUT2D eigenvalue weighted by Gasteiger charge is -2.31. The predicted octanol–water partition coefficient (Wildman–Crippen LogP) is 2.28. The van der Waals surface area contributed by atoms with Gasteiger partial charge in [-0.3, -0.25) is 0 Å². The smallest absolute Gasteiger partial charge is 0.316 e. The van der Waals surface area contributed by atoms with Crippen LogP contribution in [0, 0.1) is 0 Å². The van der Waals surface area contributed by atoms with Crippen molar-refractivity contribution in [3.05, 3.63) is 42.2 Å². The zero-order valence-electron chi connectivity index (χ0n) is 15.0. The normalized spacial score (nSPS) is 18.5. The number of benzene rings is 1. The molecule has 1 unspecified atom stereocenters. The molecule has 0 spiro atoms. The van der Waals surface area contributed by atoms with E-state index in [1.165, 1.54) is 4.31 Å². The van der Waals surface area contributed by atoms with E-state index in [4.69, 9.17) is 9.47 Å². The van der Waals surface area contributed by atoms with Gasteiger partial charge >= 0.3 is 6.01 Å². The topological polar surface area (TPSA) is 81.6 Å². The molecule has 1 fully saturated rings. The third-order valence-corrected chi connectivity index (χ3v) is 6.28. The van der Waals surface area contributed by atoms with E-state index < -0.39 is 10.0 Å². The molecule has 2 heterocycles. The minimum absolute atomic E-state index is 0.252. The summed E-state index contributed by atoms with van der Waals surface area (Å²) in [4.78, 5) is 8.64. The van der Waals surface area contributed by atoms with Gasteiger partial charge in [0.25, 0.3) is 0 Å². The summed E-state index contributed by atoms with van der Waals surface area (Å²) >= 11 is 0. The molecule has 0 aliphatic carbocycles. The van der Waals surface area contributed by atoms with Crippen LogP contribution in [0.4, 0.5) is 0 Å². The molecule has 2 aromatic rings. The molecule has 3 rings (SSSR count). The van der Waals surface area contributed by atoms with Gasteiger partial charge in [-0.1, -0.05) is 6.92 Å². The second kappa shape index (κ2) is 8.01. The van der Waals surface area contributed by atoms with Crippen molar-refractivity contribution in [2.24, 2.45) is 0 Å². The molecular weight excluding hydrogens is 354 g/mol. The van der Waals surface area contributed by atoms with Gasteiger partial charge < -0.3 is 9.47 Å². The highest BCUT2D eigenvalue weighted by Gasteiger charge is 2.31. The fourth-order valence-electron chi connectivity index (χ4n) is 2.85. The molecule has 1 aromatic heterocycles. The van der Waals surface area contributed by atoms with Crippen molar-refractivity contribution in [1.29, 1.82) is 0 Å². The molecule has 0 radical (unpaired) electrons. The summed E-state index contributed by atoms with van der Waals surface area (Å²) in [6.45, 7) is 2.79. The SMILES string of the molecule is CCc1cnc(OC2CCCN(S(=O)(=O)c3ccc(OC)cc3)C2)nc1. The number of nitrogens with zero attached hydrogens (tertiary/aromatic N) is 3. The minimum atomic E-state index is -3.57. The molecule has 0 saturated carbocycles. The van der Waals surface area contributed by atoms with Gasteiger partial charge in [0.05, 0.1) is 18.6 Å². The van der Waals surface area contributed by atoms with Crippen molar-refractivity contribution in [3.63, 3.8) is 0 Å². The number of aromatic nitrogens is 2. The van der Waals surface area contributed by atoms with E-state index in [0.717, 1.165) is 24.8 Å². The molecule has 7 nitrogen and oxygen atoms in total. The van der Waals surface area contributed by atoms with Gasteiger partial charge in [-0.25, -0.2) is 18.4 Å². The van der Waals surface area contributed by atoms with Crippen molar-refractivity contribution in [2.45, 2.75) is 37.2 Å². The number of aryl methyl sites for hydroxylation is 1. The van der Waals surface area contributed by atoms with Crippen molar-refractivity contribution in [1.82, 2.24) is 14.3 Å². The van der Waals surface area contributed by atoms with E-state index in [-0.39, 0.29) is 23.6 Å². The Morgan fingerprint density at radius 1 is 1.19 bits per heavy atom. The monoisotopic (exact) mass is 377 g/mol. The summed E-state index contributed by atoms with van der Waals surface area (Å²) in [5.41, 5.74) is 1.03. The maximum atomic E-state index is 12.9. The van der Waals surface area contributed by atoms with Crippen LogP contribution in [0.5, 0.6) is 11.8 Å². The van der Waals surface area contributed by atoms with Crippen LogP contribution in [0.1, 0.15) is 25.3 Å². The van der Waals surface area contributed by atoms with Gasteiger partial charge in [0.15, 0.2) is 0 Å². The largest absolute Gasteiger partial charge is 0.497 e. The Hall–Kier alpha value is -2.19. The number of ether oxygens (including phenoxy) is 2. The summed E-state index contributed by atoms with van der Waals surface area (Å²) in [5, 5.41) is 0. The van der Waals surface area contributed by atoms with Gasteiger partial charge in [0.2, 0.25) is 10.0 Å². The van der Waals surface area contributed by atoms with Crippen molar-refractivity contribution in [3.8, 4) is 11.8 Å². The summed E-state index contributed by atoms with van der Waals surface area (Å²) in [6.07, 6.45) is 5.57. The number of sulfonamides is 1. The molecule has 140 valence electrons. The van der Waals surface area contributed by atoms with Crippen molar-refractivity contribution < 1.29 is 17.9 Å². The highest BCUT2D eigenvalue weighted by Crippen LogP contribution is 2.24. The Bertz CT molecular complexity index is 823. The molecule has 26 heavy (non-hydrogen) atoms.